The highest BCUT2D eigenvalue weighted by Crippen LogP contribution is 2.40. The zero-order valence-corrected chi connectivity index (χ0v) is 10.3. The first kappa shape index (κ1) is 11.9. The largest absolute Gasteiger partial charge is 0.501 e. The Labute approximate surface area is 97.4 Å². The normalized spacial score (nSPS) is 40.1. The van der Waals surface area contributed by atoms with Gasteiger partial charge in [-0.15, -0.1) is 0 Å². The van der Waals surface area contributed by atoms with Crippen LogP contribution < -0.4 is 0 Å². The zero-order valence-electron chi connectivity index (χ0n) is 10.3. The molecule has 0 aromatic carbocycles. The van der Waals surface area contributed by atoms with Crippen molar-refractivity contribution in [3.05, 3.63) is 11.8 Å². The van der Waals surface area contributed by atoms with Crippen LogP contribution in [-0.4, -0.2) is 29.5 Å². The third-order valence-corrected chi connectivity index (χ3v) is 3.91. The molecule has 92 valence electrons. The van der Waals surface area contributed by atoms with Gasteiger partial charge in [0.15, 0.2) is 0 Å². The minimum atomic E-state index is -0.705. The summed E-state index contributed by atoms with van der Waals surface area (Å²) in [5.74, 6) is 0. The van der Waals surface area contributed by atoms with Gasteiger partial charge in [0.25, 0.3) is 0 Å². The van der Waals surface area contributed by atoms with Crippen LogP contribution in [0.1, 0.15) is 46.0 Å². The van der Waals surface area contributed by atoms with Crippen molar-refractivity contribution in [2.45, 2.75) is 57.2 Å². The molecule has 0 aromatic heterocycles. The van der Waals surface area contributed by atoms with Crippen LogP contribution in [0.15, 0.2) is 11.8 Å². The molecule has 2 unspecified atom stereocenters. The molecule has 0 aromatic rings. The van der Waals surface area contributed by atoms with Crippen LogP contribution in [0.4, 0.5) is 0 Å². The van der Waals surface area contributed by atoms with Crippen molar-refractivity contribution in [2.75, 3.05) is 13.2 Å². The SMILES string of the molecule is CCC1(C)CC(O)(C2=COCCC2)CCO1. The molecule has 0 bridgehead atoms. The highest BCUT2D eigenvalue weighted by atomic mass is 16.5. The first-order chi connectivity index (χ1) is 7.58. The number of hydrogen-bond acceptors (Lipinski definition) is 3. The Hall–Kier alpha value is -0.540. The minimum absolute atomic E-state index is 0.189. The molecule has 1 saturated heterocycles. The number of ether oxygens (including phenoxy) is 2. The van der Waals surface area contributed by atoms with E-state index in [-0.39, 0.29) is 5.60 Å². The quantitative estimate of drug-likeness (QED) is 0.785. The fourth-order valence-corrected chi connectivity index (χ4v) is 2.63. The Bertz CT molecular complexity index is 287. The van der Waals surface area contributed by atoms with E-state index in [1.54, 1.807) is 6.26 Å². The van der Waals surface area contributed by atoms with Gasteiger partial charge in [-0.25, -0.2) is 0 Å². The summed E-state index contributed by atoms with van der Waals surface area (Å²) in [5, 5.41) is 10.7. The fourth-order valence-electron chi connectivity index (χ4n) is 2.63. The predicted octanol–water partition coefficient (Wildman–Crippen LogP) is 2.39. The highest BCUT2D eigenvalue weighted by Gasteiger charge is 2.43. The molecule has 1 N–H and O–H groups in total. The average Bonchev–Trinajstić information content (AvgIpc) is 2.30. The lowest BCUT2D eigenvalue weighted by Gasteiger charge is -2.44. The smallest absolute Gasteiger partial charge is 0.0938 e. The Morgan fingerprint density at radius 2 is 2.25 bits per heavy atom. The summed E-state index contributed by atoms with van der Waals surface area (Å²) in [4.78, 5) is 0. The molecule has 2 aliphatic heterocycles. The topological polar surface area (TPSA) is 38.7 Å². The molecule has 16 heavy (non-hydrogen) atoms. The molecule has 3 nitrogen and oxygen atoms in total. The average molecular weight is 226 g/mol. The van der Waals surface area contributed by atoms with Crippen molar-refractivity contribution in [3.8, 4) is 0 Å². The monoisotopic (exact) mass is 226 g/mol. The summed E-state index contributed by atoms with van der Waals surface area (Å²) in [6, 6.07) is 0. The molecule has 0 radical (unpaired) electrons. The maximum atomic E-state index is 10.7. The van der Waals surface area contributed by atoms with Crippen molar-refractivity contribution in [3.63, 3.8) is 0 Å². The van der Waals surface area contributed by atoms with Gasteiger partial charge in [-0.3, -0.25) is 0 Å². The van der Waals surface area contributed by atoms with Gasteiger partial charge in [-0.1, -0.05) is 6.92 Å². The van der Waals surface area contributed by atoms with Crippen molar-refractivity contribution in [1.29, 1.82) is 0 Å². The lowest BCUT2D eigenvalue weighted by molar-refractivity contribution is -0.141. The molecule has 2 atom stereocenters. The summed E-state index contributed by atoms with van der Waals surface area (Å²) < 4.78 is 11.1. The van der Waals surface area contributed by atoms with Crippen molar-refractivity contribution in [1.82, 2.24) is 0 Å². The Balaban J connectivity index is 2.14. The van der Waals surface area contributed by atoms with E-state index in [2.05, 4.69) is 13.8 Å². The van der Waals surface area contributed by atoms with Gasteiger partial charge in [-0.05, 0) is 31.8 Å². The second-order valence-corrected chi connectivity index (χ2v) is 5.23. The van der Waals surface area contributed by atoms with E-state index in [0.29, 0.717) is 19.4 Å². The summed E-state index contributed by atoms with van der Waals surface area (Å²) in [7, 11) is 0. The molecule has 2 aliphatic rings. The van der Waals surface area contributed by atoms with Crippen LogP contribution in [0.2, 0.25) is 0 Å². The molecule has 2 heterocycles. The Morgan fingerprint density at radius 3 is 2.88 bits per heavy atom. The van der Waals surface area contributed by atoms with Crippen molar-refractivity contribution in [2.24, 2.45) is 0 Å². The number of aliphatic hydroxyl groups is 1. The van der Waals surface area contributed by atoms with Crippen LogP contribution in [0.25, 0.3) is 0 Å². The van der Waals surface area contributed by atoms with Crippen molar-refractivity contribution < 1.29 is 14.6 Å². The molecule has 2 rings (SSSR count). The van der Waals surface area contributed by atoms with E-state index in [9.17, 15) is 5.11 Å². The van der Waals surface area contributed by atoms with Crippen molar-refractivity contribution >= 4 is 0 Å². The molecule has 3 heteroatoms. The molecule has 0 spiro atoms. The van der Waals surface area contributed by atoms with E-state index in [1.165, 1.54) is 0 Å². The first-order valence-corrected chi connectivity index (χ1v) is 6.25. The highest BCUT2D eigenvalue weighted by molar-refractivity contribution is 5.18. The molecule has 0 aliphatic carbocycles. The van der Waals surface area contributed by atoms with Crippen LogP contribution in [0.5, 0.6) is 0 Å². The van der Waals surface area contributed by atoms with Gasteiger partial charge >= 0.3 is 0 Å². The molecule has 0 saturated carbocycles. The van der Waals surface area contributed by atoms with E-state index in [4.69, 9.17) is 9.47 Å². The molecular formula is C13H22O3. The lowest BCUT2D eigenvalue weighted by Crippen LogP contribution is -2.48. The second kappa shape index (κ2) is 4.38. The number of rotatable bonds is 2. The third-order valence-electron chi connectivity index (χ3n) is 3.91. The Morgan fingerprint density at radius 1 is 1.44 bits per heavy atom. The van der Waals surface area contributed by atoms with E-state index in [0.717, 1.165) is 31.4 Å². The maximum Gasteiger partial charge on any atom is 0.0938 e. The van der Waals surface area contributed by atoms with E-state index >= 15 is 0 Å². The third kappa shape index (κ3) is 2.25. The van der Waals surface area contributed by atoms with E-state index < -0.39 is 5.60 Å². The summed E-state index contributed by atoms with van der Waals surface area (Å²) in [6.45, 7) is 5.61. The summed E-state index contributed by atoms with van der Waals surface area (Å²) in [5.41, 5.74) is 0.163. The second-order valence-electron chi connectivity index (χ2n) is 5.23. The summed E-state index contributed by atoms with van der Waals surface area (Å²) >= 11 is 0. The molecular weight excluding hydrogens is 204 g/mol. The van der Waals surface area contributed by atoms with Gasteiger partial charge < -0.3 is 14.6 Å². The van der Waals surface area contributed by atoms with Crippen LogP contribution >= 0.6 is 0 Å². The fraction of sp³-hybridized carbons (Fsp3) is 0.846. The zero-order chi connectivity index (χ0) is 11.6. The lowest BCUT2D eigenvalue weighted by atomic mass is 9.76. The van der Waals surface area contributed by atoms with Gasteiger partial charge in [-0.2, -0.15) is 0 Å². The van der Waals surface area contributed by atoms with Gasteiger partial charge in [0, 0.05) is 12.8 Å². The Kier molecular flexibility index (Phi) is 3.27. The molecule has 1 fully saturated rings. The standard InChI is InChI=1S/C13H22O3/c1-3-12(2)10-13(14,6-8-16-12)11-5-4-7-15-9-11/h9,14H,3-8,10H2,1-2H3. The minimum Gasteiger partial charge on any atom is -0.501 e. The predicted molar refractivity (Wildman–Crippen MR) is 62.1 cm³/mol. The van der Waals surface area contributed by atoms with Gasteiger partial charge in [0.1, 0.15) is 0 Å². The van der Waals surface area contributed by atoms with Gasteiger partial charge in [0.05, 0.1) is 30.7 Å². The van der Waals surface area contributed by atoms with Crippen LogP contribution in [-0.2, 0) is 9.47 Å². The van der Waals surface area contributed by atoms with Crippen LogP contribution in [0.3, 0.4) is 0 Å². The van der Waals surface area contributed by atoms with E-state index in [1.807, 2.05) is 0 Å². The first-order valence-electron chi connectivity index (χ1n) is 6.25. The number of hydrogen-bond donors (Lipinski definition) is 1. The molecule has 0 amide bonds. The van der Waals surface area contributed by atoms with Crippen LogP contribution in [0, 0.1) is 0 Å². The summed E-state index contributed by atoms with van der Waals surface area (Å²) in [6.07, 6.45) is 6.05. The maximum absolute atomic E-state index is 10.7. The van der Waals surface area contributed by atoms with Gasteiger partial charge in [0.2, 0.25) is 0 Å².